The van der Waals surface area contributed by atoms with E-state index in [1.807, 2.05) is 37.3 Å². The van der Waals surface area contributed by atoms with E-state index >= 15 is 0 Å². The molecule has 1 heterocycles. The van der Waals surface area contributed by atoms with Crippen LogP contribution in [0.1, 0.15) is 32.1 Å². The summed E-state index contributed by atoms with van der Waals surface area (Å²) in [5.74, 6) is 1.68. The van der Waals surface area contributed by atoms with E-state index in [9.17, 15) is 0 Å². The maximum Gasteiger partial charge on any atom is 0.125 e. The lowest BCUT2D eigenvalue weighted by molar-refractivity contribution is 0.318. The van der Waals surface area contributed by atoms with E-state index in [2.05, 4.69) is 12.2 Å². The van der Waals surface area contributed by atoms with Gasteiger partial charge in [0.25, 0.3) is 0 Å². The standard InChI is InChI=1S/C15H20N2O2/c1-3-6-18-14-9-12(16)8-13(10-14)17-11(2)15-5-4-7-19-15/h4-5,7-11,17H,3,6,16H2,1-2H3. The normalized spacial score (nSPS) is 12.1. The number of nitrogens with one attached hydrogen (secondary N) is 1. The summed E-state index contributed by atoms with van der Waals surface area (Å²) in [6.45, 7) is 4.80. The van der Waals surface area contributed by atoms with Crippen LogP contribution >= 0.6 is 0 Å². The second kappa shape index (κ2) is 6.18. The summed E-state index contributed by atoms with van der Waals surface area (Å²) in [6, 6.07) is 9.57. The Morgan fingerprint density at radius 2 is 2.21 bits per heavy atom. The number of nitrogens with two attached hydrogens (primary N) is 1. The molecule has 0 saturated carbocycles. The van der Waals surface area contributed by atoms with Crippen molar-refractivity contribution in [2.75, 3.05) is 17.7 Å². The van der Waals surface area contributed by atoms with Crippen LogP contribution in [0.5, 0.6) is 5.75 Å². The summed E-state index contributed by atoms with van der Waals surface area (Å²) in [4.78, 5) is 0. The van der Waals surface area contributed by atoms with Crippen LogP contribution in [-0.4, -0.2) is 6.61 Å². The highest BCUT2D eigenvalue weighted by atomic mass is 16.5. The van der Waals surface area contributed by atoms with Crippen molar-refractivity contribution in [3.63, 3.8) is 0 Å². The van der Waals surface area contributed by atoms with Crippen molar-refractivity contribution in [3.05, 3.63) is 42.4 Å². The zero-order chi connectivity index (χ0) is 13.7. The van der Waals surface area contributed by atoms with Crippen molar-refractivity contribution < 1.29 is 9.15 Å². The van der Waals surface area contributed by atoms with Crippen LogP contribution in [0.2, 0.25) is 0 Å². The van der Waals surface area contributed by atoms with Gasteiger partial charge in [-0.2, -0.15) is 0 Å². The molecule has 0 aliphatic carbocycles. The minimum atomic E-state index is 0.0795. The van der Waals surface area contributed by atoms with Gasteiger partial charge in [-0.25, -0.2) is 0 Å². The number of anilines is 2. The van der Waals surface area contributed by atoms with Gasteiger partial charge in [0.05, 0.1) is 18.9 Å². The van der Waals surface area contributed by atoms with Crippen molar-refractivity contribution in [3.8, 4) is 5.75 Å². The molecule has 4 heteroatoms. The molecule has 3 N–H and O–H groups in total. The van der Waals surface area contributed by atoms with Crippen LogP contribution in [0, 0.1) is 0 Å². The Morgan fingerprint density at radius 3 is 2.89 bits per heavy atom. The molecule has 19 heavy (non-hydrogen) atoms. The highest BCUT2D eigenvalue weighted by molar-refractivity contribution is 5.59. The molecule has 1 unspecified atom stereocenters. The van der Waals surface area contributed by atoms with Gasteiger partial charge in [-0.1, -0.05) is 6.92 Å². The van der Waals surface area contributed by atoms with Gasteiger partial charge in [0.2, 0.25) is 0 Å². The third-order valence-corrected chi connectivity index (χ3v) is 2.75. The van der Waals surface area contributed by atoms with Gasteiger partial charge >= 0.3 is 0 Å². The first-order valence-electron chi connectivity index (χ1n) is 6.52. The Hall–Kier alpha value is -2.10. The molecule has 102 valence electrons. The van der Waals surface area contributed by atoms with Gasteiger partial charge in [-0.05, 0) is 31.5 Å². The monoisotopic (exact) mass is 260 g/mol. The number of benzene rings is 1. The average Bonchev–Trinajstić information content (AvgIpc) is 2.89. The van der Waals surface area contributed by atoms with Crippen LogP contribution in [0.25, 0.3) is 0 Å². The van der Waals surface area contributed by atoms with E-state index < -0.39 is 0 Å². The Bertz CT molecular complexity index is 509. The predicted molar refractivity (Wildman–Crippen MR) is 77.4 cm³/mol. The van der Waals surface area contributed by atoms with E-state index in [-0.39, 0.29) is 6.04 Å². The quantitative estimate of drug-likeness (QED) is 0.775. The second-order valence-electron chi connectivity index (χ2n) is 4.52. The first-order chi connectivity index (χ1) is 9.19. The molecule has 4 nitrogen and oxygen atoms in total. The highest BCUT2D eigenvalue weighted by Crippen LogP contribution is 2.26. The molecule has 0 amide bonds. The fourth-order valence-electron chi connectivity index (χ4n) is 1.87. The Labute approximate surface area is 113 Å². The molecule has 0 fully saturated rings. The van der Waals surface area contributed by atoms with Crippen LogP contribution in [-0.2, 0) is 0 Å². The summed E-state index contributed by atoms with van der Waals surface area (Å²) in [6.07, 6.45) is 2.64. The molecule has 0 radical (unpaired) electrons. The lowest BCUT2D eigenvalue weighted by atomic mass is 10.2. The molecule has 0 saturated heterocycles. The summed E-state index contributed by atoms with van der Waals surface area (Å²) in [7, 11) is 0. The number of nitrogen functional groups attached to an aromatic ring is 1. The molecule has 0 aliphatic heterocycles. The van der Waals surface area contributed by atoms with Gasteiger partial charge in [-0.3, -0.25) is 0 Å². The predicted octanol–water partition coefficient (Wildman–Crippen LogP) is 3.82. The average molecular weight is 260 g/mol. The molecule has 1 aromatic heterocycles. The molecule has 1 atom stereocenters. The van der Waals surface area contributed by atoms with Gasteiger partial charge in [0, 0.05) is 23.5 Å². The van der Waals surface area contributed by atoms with Gasteiger partial charge in [0.15, 0.2) is 0 Å². The zero-order valence-electron chi connectivity index (χ0n) is 11.3. The first kappa shape index (κ1) is 13.3. The molecule has 2 aromatic rings. The Kier molecular flexibility index (Phi) is 4.34. The van der Waals surface area contributed by atoms with Gasteiger partial charge in [0.1, 0.15) is 11.5 Å². The molecule has 2 rings (SSSR count). The molecule has 1 aromatic carbocycles. The molecular formula is C15H20N2O2. The van der Waals surface area contributed by atoms with Crippen molar-refractivity contribution in [2.24, 2.45) is 0 Å². The topological polar surface area (TPSA) is 60.4 Å². The Morgan fingerprint density at radius 1 is 1.37 bits per heavy atom. The van der Waals surface area contributed by atoms with Crippen molar-refractivity contribution in [1.82, 2.24) is 0 Å². The fourth-order valence-corrected chi connectivity index (χ4v) is 1.87. The summed E-state index contributed by atoms with van der Waals surface area (Å²) >= 11 is 0. The number of furan rings is 1. The SMILES string of the molecule is CCCOc1cc(N)cc(NC(C)c2ccco2)c1. The van der Waals surface area contributed by atoms with Crippen molar-refractivity contribution >= 4 is 11.4 Å². The van der Waals surface area contributed by atoms with E-state index in [1.165, 1.54) is 0 Å². The largest absolute Gasteiger partial charge is 0.493 e. The van der Waals surface area contributed by atoms with Crippen LogP contribution < -0.4 is 15.8 Å². The highest BCUT2D eigenvalue weighted by Gasteiger charge is 2.09. The van der Waals surface area contributed by atoms with E-state index in [0.29, 0.717) is 12.3 Å². The second-order valence-corrected chi connectivity index (χ2v) is 4.52. The molecule has 0 spiro atoms. The van der Waals surface area contributed by atoms with E-state index in [1.54, 1.807) is 6.26 Å². The fraction of sp³-hybridized carbons (Fsp3) is 0.333. The number of ether oxygens (including phenoxy) is 1. The number of hydrogen-bond acceptors (Lipinski definition) is 4. The lowest BCUT2D eigenvalue weighted by Crippen LogP contribution is -2.06. The third kappa shape index (κ3) is 3.68. The first-order valence-corrected chi connectivity index (χ1v) is 6.52. The van der Waals surface area contributed by atoms with E-state index in [0.717, 1.165) is 23.6 Å². The minimum Gasteiger partial charge on any atom is -0.493 e. The van der Waals surface area contributed by atoms with Crippen LogP contribution in [0.15, 0.2) is 41.0 Å². The lowest BCUT2D eigenvalue weighted by Gasteiger charge is -2.15. The summed E-state index contributed by atoms with van der Waals surface area (Å²) in [5.41, 5.74) is 7.49. The maximum absolute atomic E-state index is 5.88. The van der Waals surface area contributed by atoms with Crippen LogP contribution in [0.3, 0.4) is 0 Å². The smallest absolute Gasteiger partial charge is 0.125 e. The van der Waals surface area contributed by atoms with E-state index in [4.69, 9.17) is 14.9 Å². The number of hydrogen-bond donors (Lipinski definition) is 2. The van der Waals surface area contributed by atoms with Crippen molar-refractivity contribution in [1.29, 1.82) is 0 Å². The molecule has 0 bridgehead atoms. The van der Waals surface area contributed by atoms with Gasteiger partial charge in [-0.15, -0.1) is 0 Å². The van der Waals surface area contributed by atoms with Gasteiger partial charge < -0.3 is 20.2 Å². The molecular weight excluding hydrogens is 240 g/mol. The minimum absolute atomic E-state index is 0.0795. The zero-order valence-corrected chi connectivity index (χ0v) is 11.3. The third-order valence-electron chi connectivity index (χ3n) is 2.75. The summed E-state index contributed by atoms with van der Waals surface area (Å²) in [5, 5.41) is 3.35. The van der Waals surface area contributed by atoms with Crippen molar-refractivity contribution in [2.45, 2.75) is 26.3 Å². The van der Waals surface area contributed by atoms with Crippen LogP contribution in [0.4, 0.5) is 11.4 Å². The Balaban J connectivity index is 2.09. The molecule has 0 aliphatic rings. The summed E-state index contributed by atoms with van der Waals surface area (Å²) < 4.78 is 11.0. The number of rotatable bonds is 6. The maximum atomic E-state index is 5.88.